The number of benzene rings is 5. The van der Waals surface area contributed by atoms with Crippen molar-refractivity contribution in [1.82, 2.24) is 10.3 Å². The van der Waals surface area contributed by atoms with Crippen molar-refractivity contribution in [2.75, 3.05) is 0 Å². The van der Waals surface area contributed by atoms with Gasteiger partial charge in [0.2, 0.25) is 0 Å². The van der Waals surface area contributed by atoms with Gasteiger partial charge in [0.15, 0.2) is 5.60 Å². The van der Waals surface area contributed by atoms with Crippen LogP contribution >= 0.6 is 0 Å². The van der Waals surface area contributed by atoms with Gasteiger partial charge in [0.25, 0.3) is 5.91 Å². The fourth-order valence-electron chi connectivity index (χ4n) is 5.95. The Morgan fingerprint density at radius 3 is 2.23 bits per heavy atom. The number of para-hydroxylation sites is 1. The van der Waals surface area contributed by atoms with Crippen LogP contribution in [0.1, 0.15) is 32.6 Å². The van der Waals surface area contributed by atoms with Crippen LogP contribution in [0.4, 0.5) is 0 Å². The number of carbonyl (C=O) groups excluding carboxylic acids is 1. The Kier molecular flexibility index (Phi) is 6.51. The number of carboxylic acid groups (broad SMARTS) is 1. The van der Waals surface area contributed by atoms with E-state index in [-0.39, 0.29) is 6.42 Å². The fourth-order valence-corrected chi connectivity index (χ4v) is 5.95. The van der Waals surface area contributed by atoms with Gasteiger partial charge in [0.1, 0.15) is 11.8 Å². The molecule has 6 aromatic rings. The van der Waals surface area contributed by atoms with Gasteiger partial charge < -0.3 is 20.1 Å². The topological polar surface area (TPSA) is 91.4 Å². The molecule has 0 spiro atoms. The van der Waals surface area contributed by atoms with Gasteiger partial charge in [-0.3, -0.25) is 4.79 Å². The van der Waals surface area contributed by atoms with E-state index in [4.69, 9.17) is 4.74 Å². The van der Waals surface area contributed by atoms with Gasteiger partial charge in [-0.25, -0.2) is 4.79 Å². The summed E-state index contributed by atoms with van der Waals surface area (Å²) in [6, 6.07) is 36.2. The summed E-state index contributed by atoms with van der Waals surface area (Å²) in [5.41, 5.74) is 4.35. The van der Waals surface area contributed by atoms with E-state index in [1.165, 1.54) is 0 Å². The van der Waals surface area contributed by atoms with E-state index in [9.17, 15) is 14.7 Å². The van der Waals surface area contributed by atoms with Crippen LogP contribution in [-0.4, -0.2) is 28.0 Å². The van der Waals surface area contributed by atoms with Gasteiger partial charge in [-0.1, -0.05) is 91.0 Å². The SMILES string of the molecule is O=C(NC(Cc1c[nH]c2ccccc12)C(=O)O)c1ccc2c3c(ccc2c1)OC(c1ccccc1)(c1ccccc1)C=C3. The van der Waals surface area contributed by atoms with Gasteiger partial charge in [-0.15, -0.1) is 0 Å². The molecule has 1 aromatic heterocycles. The summed E-state index contributed by atoms with van der Waals surface area (Å²) in [5, 5.41) is 15.4. The van der Waals surface area contributed by atoms with Gasteiger partial charge in [-0.05, 0) is 52.8 Å². The molecule has 1 atom stereocenters. The number of amides is 1. The third-order valence-electron chi connectivity index (χ3n) is 8.15. The lowest BCUT2D eigenvalue weighted by molar-refractivity contribution is -0.139. The summed E-state index contributed by atoms with van der Waals surface area (Å²) in [6.45, 7) is 0. The third-order valence-corrected chi connectivity index (χ3v) is 8.15. The highest BCUT2D eigenvalue weighted by molar-refractivity contribution is 6.02. The van der Waals surface area contributed by atoms with Crippen molar-refractivity contribution >= 4 is 39.6 Å². The molecule has 0 radical (unpaired) electrons. The molecule has 0 saturated carbocycles. The molecule has 1 unspecified atom stereocenters. The van der Waals surface area contributed by atoms with Crippen LogP contribution in [0.25, 0.3) is 27.8 Å². The van der Waals surface area contributed by atoms with E-state index in [1.807, 2.05) is 78.9 Å². The summed E-state index contributed by atoms with van der Waals surface area (Å²) in [6.07, 6.45) is 6.13. The number of hydrogen-bond donors (Lipinski definition) is 3. The van der Waals surface area contributed by atoms with Crippen LogP contribution in [0.3, 0.4) is 0 Å². The van der Waals surface area contributed by atoms with Gasteiger partial charge >= 0.3 is 5.97 Å². The summed E-state index contributed by atoms with van der Waals surface area (Å²) < 4.78 is 6.80. The number of ether oxygens (including phenoxy) is 1. The highest BCUT2D eigenvalue weighted by Gasteiger charge is 2.37. The van der Waals surface area contributed by atoms with E-state index in [0.717, 1.165) is 49.7 Å². The Bertz CT molecular complexity index is 1970. The van der Waals surface area contributed by atoms with Crippen LogP contribution in [0.2, 0.25) is 0 Å². The van der Waals surface area contributed by atoms with Crippen LogP contribution in [-0.2, 0) is 16.8 Å². The van der Waals surface area contributed by atoms with Crippen LogP contribution in [0.5, 0.6) is 5.75 Å². The van der Waals surface area contributed by atoms with Crippen molar-refractivity contribution in [2.45, 2.75) is 18.1 Å². The monoisotopic (exact) mass is 564 g/mol. The summed E-state index contributed by atoms with van der Waals surface area (Å²) >= 11 is 0. The first kappa shape index (κ1) is 26.3. The van der Waals surface area contributed by atoms with Crippen molar-refractivity contribution < 1.29 is 19.4 Å². The number of hydrogen-bond acceptors (Lipinski definition) is 3. The molecule has 1 aliphatic heterocycles. The molecule has 0 saturated heterocycles. The molecular formula is C37H28N2O4. The van der Waals surface area contributed by atoms with Crippen molar-refractivity contribution in [1.29, 1.82) is 0 Å². The predicted molar refractivity (Wildman–Crippen MR) is 168 cm³/mol. The molecule has 0 bridgehead atoms. The van der Waals surface area contributed by atoms with Crippen LogP contribution in [0, 0.1) is 0 Å². The number of nitrogens with one attached hydrogen (secondary N) is 2. The van der Waals surface area contributed by atoms with Gasteiger partial charge in [0, 0.05) is 45.8 Å². The van der Waals surface area contributed by atoms with E-state index < -0.39 is 23.5 Å². The summed E-state index contributed by atoms with van der Waals surface area (Å²) in [7, 11) is 0. The average Bonchev–Trinajstić information content (AvgIpc) is 3.47. The lowest BCUT2D eigenvalue weighted by Gasteiger charge is -2.36. The van der Waals surface area contributed by atoms with E-state index in [2.05, 4.69) is 46.7 Å². The average molecular weight is 565 g/mol. The minimum Gasteiger partial charge on any atom is -0.480 e. The van der Waals surface area contributed by atoms with Gasteiger partial charge in [-0.2, -0.15) is 0 Å². The maximum Gasteiger partial charge on any atom is 0.326 e. The molecule has 0 fully saturated rings. The first-order valence-corrected chi connectivity index (χ1v) is 14.2. The van der Waals surface area contributed by atoms with E-state index in [1.54, 1.807) is 18.3 Å². The molecule has 43 heavy (non-hydrogen) atoms. The third kappa shape index (κ3) is 4.73. The molecule has 6 nitrogen and oxygen atoms in total. The zero-order chi connectivity index (χ0) is 29.4. The second-order valence-corrected chi connectivity index (χ2v) is 10.7. The first-order chi connectivity index (χ1) is 21.0. The number of carboxylic acids is 1. The Hall–Kier alpha value is -5.62. The number of carbonyl (C=O) groups is 2. The summed E-state index contributed by atoms with van der Waals surface area (Å²) in [5.74, 6) is -0.786. The zero-order valence-electron chi connectivity index (χ0n) is 23.2. The largest absolute Gasteiger partial charge is 0.480 e. The minimum atomic E-state index is -1.09. The molecule has 210 valence electrons. The standard InChI is InChI=1S/C37H28N2O4/c40-35(39-33(36(41)42)22-26-23-38-32-14-8-7-13-30(26)32)25-15-17-29-24(21-25)16-18-34-31(29)19-20-37(43-34,27-9-3-1-4-10-27)28-11-5-2-6-12-28/h1-21,23,33,38H,22H2,(H,39,40)(H,41,42). The summed E-state index contributed by atoms with van der Waals surface area (Å²) in [4.78, 5) is 28.5. The van der Waals surface area contributed by atoms with Crippen LogP contribution in [0.15, 0.2) is 128 Å². The predicted octanol–water partition coefficient (Wildman–Crippen LogP) is 7.10. The molecule has 6 heteroatoms. The van der Waals surface area contributed by atoms with Crippen molar-refractivity contribution in [3.63, 3.8) is 0 Å². The number of aromatic nitrogens is 1. The number of H-pyrrole nitrogens is 1. The zero-order valence-corrected chi connectivity index (χ0v) is 23.2. The highest BCUT2D eigenvalue weighted by Crippen LogP contribution is 2.44. The smallest absolute Gasteiger partial charge is 0.326 e. The molecular weight excluding hydrogens is 536 g/mol. The second-order valence-electron chi connectivity index (χ2n) is 10.7. The Morgan fingerprint density at radius 1 is 0.814 bits per heavy atom. The van der Waals surface area contributed by atoms with E-state index in [0.29, 0.717) is 5.56 Å². The van der Waals surface area contributed by atoms with Crippen LogP contribution < -0.4 is 10.1 Å². The van der Waals surface area contributed by atoms with Crippen molar-refractivity contribution in [3.8, 4) is 5.75 Å². The van der Waals surface area contributed by atoms with E-state index >= 15 is 0 Å². The maximum atomic E-state index is 13.3. The number of aliphatic carboxylic acids is 1. The quantitative estimate of drug-likeness (QED) is 0.193. The molecule has 2 heterocycles. The Balaban J connectivity index is 1.18. The van der Waals surface area contributed by atoms with Gasteiger partial charge in [0.05, 0.1) is 0 Å². The Labute approximate surface area is 248 Å². The molecule has 7 rings (SSSR count). The first-order valence-electron chi connectivity index (χ1n) is 14.2. The molecule has 1 aliphatic rings. The fraction of sp³-hybridized carbons (Fsp3) is 0.0811. The highest BCUT2D eigenvalue weighted by atomic mass is 16.5. The lowest BCUT2D eigenvalue weighted by atomic mass is 9.83. The minimum absolute atomic E-state index is 0.166. The number of fused-ring (bicyclic) bond motifs is 4. The Morgan fingerprint density at radius 2 is 1.51 bits per heavy atom. The lowest BCUT2D eigenvalue weighted by Crippen LogP contribution is -2.42. The molecule has 5 aromatic carbocycles. The number of aromatic amines is 1. The molecule has 3 N–H and O–H groups in total. The molecule has 1 amide bonds. The maximum absolute atomic E-state index is 13.3. The number of rotatable bonds is 7. The molecule has 0 aliphatic carbocycles. The second kappa shape index (κ2) is 10.7. The van der Waals surface area contributed by atoms with Crippen molar-refractivity contribution in [3.05, 3.63) is 155 Å². The normalized spacial score (nSPS) is 14.1. The van der Waals surface area contributed by atoms with Crippen molar-refractivity contribution in [2.24, 2.45) is 0 Å².